The number of ether oxygens (including phenoxy) is 1. The molecule has 0 atom stereocenters. The maximum atomic E-state index is 12.5. The summed E-state index contributed by atoms with van der Waals surface area (Å²) in [6.45, 7) is 1.97. The highest BCUT2D eigenvalue weighted by molar-refractivity contribution is 5.91. The Bertz CT molecular complexity index is 575. The summed E-state index contributed by atoms with van der Waals surface area (Å²) in [6.07, 6.45) is 0. The molecular weight excluding hydrogens is 250 g/mol. The molecule has 0 aliphatic rings. The Balaban J connectivity index is 2.66. The zero-order chi connectivity index (χ0) is 14.4. The molecule has 20 heavy (non-hydrogen) atoms. The molecule has 0 amide bonds. The molecule has 0 N–H and O–H groups in total. The molecule has 3 heteroatoms. The number of hydrogen-bond donors (Lipinski definition) is 0. The third-order valence-corrected chi connectivity index (χ3v) is 3.16. The van der Waals surface area contributed by atoms with Crippen LogP contribution in [0.15, 0.2) is 60.7 Å². The van der Waals surface area contributed by atoms with Crippen molar-refractivity contribution in [2.75, 3.05) is 6.61 Å². The molecule has 0 bridgehead atoms. The van der Waals surface area contributed by atoms with Gasteiger partial charge in [0.1, 0.15) is 0 Å². The van der Waals surface area contributed by atoms with E-state index in [4.69, 9.17) is 4.74 Å². The van der Waals surface area contributed by atoms with Crippen LogP contribution in [0.2, 0.25) is 0 Å². The summed E-state index contributed by atoms with van der Waals surface area (Å²) in [5.41, 5.74) is -0.183. The summed E-state index contributed by atoms with van der Waals surface area (Å²) in [5.74, 6) is -0.542. The van der Waals surface area contributed by atoms with Crippen molar-refractivity contribution < 1.29 is 9.53 Å². The molecule has 0 saturated heterocycles. The Labute approximate surface area is 118 Å². The molecule has 0 aromatic heterocycles. The molecule has 100 valence electrons. The molecule has 2 aromatic carbocycles. The lowest BCUT2D eigenvalue weighted by Crippen LogP contribution is -2.37. The van der Waals surface area contributed by atoms with Crippen LogP contribution in [0.3, 0.4) is 0 Å². The number of rotatable bonds is 4. The van der Waals surface area contributed by atoms with E-state index in [1.165, 1.54) is 0 Å². The number of nitriles is 1. The van der Waals surface area contributed by atoms with Crippen LogP contribution >= 0.6 is 0 Å². The van der Waals surface area contributed by atoms with E-state index >= 15 is 0 Å². The molecule has 3 nitrogen and oxygen atoms in total. The molecule has 0 aliphatic carbocycles. The Hall–Kier alpha value is -2.60. The van der Waals surface area contributed by atoms with Crippen LogP contribution in [0.4, 0.5) is 0 Å². The van der Waals surface area contributed by atoms with Gasteiger partial charge in [-0.25, -0.2) is 4.79 Å². The Morgan fingerprint density at radius 1 is 1.05 bits per heavy atom. The van der Waals surface area contributed by atoms with E-state index in [0.717, 1.165) is 0 Å². The average molecular weight is 265 g/mol. The van der Waals surface area contributed by atoms with Crippen molar-refractivity contribution in [1.82, 2.24) is 0 Å². The van der Waals surface area contributed by atoms with Crippen molar-refractivity contribution in [2.45, 2.75) is 12.3 Å². The normalized spacial score (nSPS) is 10.6. The van der Waals surface area contributed by atoms with Gasteiger partial charge in [-0.3, -0.25) is 0 Å². The van der Waals surface area contributed by atoms with Gasteiger partial charge in [0.25, 0.3) is 0 Å². The van der Waals surface area contributed by atoms with Gasteiger partial charge in [0.2, 0.25) is 5.41 Å². The minimum Gasteiger partial charge on any atom is -0.464 e. The number of hydrogen-bond acceptors (Lipinski definition) is 3. The van der Waals surface area contributed by atoms with Gasteiger partial charge >= 0.3 is 5.97 Å². The molecule has 0 unspecified atom stereocenters. The predicted molar refractivity (Wildman–Crippen MR) is 75.9 cm³/mol. The first kappa shape index (κ1) is 13.8. The average Bonchev–Trinajstić information content (AvgIpc) is 2.51. The summed E-state index contributed by atoms with van der Waals surface area (Å²) in [4.78, 5) is 12.5. The Kier molecular flexibility index (Phi) is 4.17. The van der Waals surface area contributed by atoms with E-state index in [9.17, 15) is 10.1 Å². The van der Waals surface area contributed by atoms with Gasteiger partial charge in [0.05, 0.1) is 12.7 Å². The lowest BCUT2D eigenvalue weighted by Gasteiger charge is -2.25. The monoisotopic (exact) mass is 265 g/mol. The lowest BCUT2D eigenvalue weighted by atomic mass is 9.75. The van der Waals surface area contributed by atoms with Gasteiger partial charge in [-0.2, -0.15) is 5.26 Å². The van der Waals surface area contributed by atoms with E-state index in [1.807, 2.05) is 36.4 Å². The van der Waals surface area contributed by atoms with Crippen LogP contribution < -0.4 is 0 Å². The highest BCUT2D eigenvalue weighted by atomic mass is 16.5. The Morgan fingerprint density at radius 3 is 1.85 bits per heavy atom. The van der Waals surface area contributed by atoms with Crippen molar-refractivity contribution in [3.63, 3.8) is 0 Å². The standard InChI is InChI=1S/C17H15NO2/c1-2-20-16(19)17(13-18,14-9-5-3-6-10-14)15-11-7-4-8-12-15/h3-12H,2H2,1H3. The van der Waals surface area contributed by atoms with Crippen molar-refractivity contribution in [1.29, 1.82) is 5.26 Å². The zero-order valence-corrected chi connectivity index (χ0v) is 11.2. The number of benzene rings is 2. The van der Waals surface area contributed by atoms with E-state index in [0.29, 0.717) is 11.1 Å². The molecule has 0 saturated carbocycles. The second-order valence-corrected chi connectivity index (χ2v) is 4.31. The van der Waals surface area contributed by atoms with E-state index in [1.54, 1.807) is 31.2 Å². The van der Waals surface area contributed by atoms with Gasteiger partial charge in [-0.05, 0) is 18.1 Å². The second kappa shape index (κ2) is 6.03. The first-order valence-corrected chi connectivity index (χ1v) is 6.45. The first-order chi connectivity index (χ1) is 9.75. The fourth-order valence-corrected chi connectivity index (χ4v) is 2.19. The van der Waals surface area contributed by atoms with Gasteiger partial charge < -0.3 is 4.74 Å². The second-order valence-electron chi connectivity index (χ2n) is 4.31. The summed E-state index contributed by atoms with van der Waals surface area (Å²) >= 11 is 0. The summed E-state index contributed by atoms with van der Waals surface area (Å²) in [5, 5.41) is 9.73. The molecule has 0 spiro atoms. The fraction of sp³-hybridized carbons (Fsp3) is 0.176. The molecule has 2 aromatic rings. The van der Waals surface area contributed by atoms with Crippen molar-refractivity contribution in [3.8, 4) is 6.07 Å². The van der Waals surface area contributed by atoms with Crippen LogP contribution in [-0.4, -0.2) is 12.6 Å². The third-order valence-electron chi connectivity index (χ3n) is 3.16. The number of carbonyl (C=O) groups is 1. The first-order valence-electron chi connectivity index (χ1n) is 6.45. The number of nitrogens with zero attached hydrogens (tertiary/aromatic N) is 1. The molecule has 0 radical (unpaired) electrons. The van der Waals surface area contributed by atoms with E-state index in [2.05, 4.69) is 6.07 Å². The van der Waals surface area contributed by atoms with E-state index < -0.39 is 11.4 Å². The van der Waals surface area contributed by atoms with Gasteiger partial charge in [0, 0.05) is 0 Å². The number of esters is 1. The molecule has 0 fully saturated rings. The van der Waals surface area contributed by atoms with Crippen LogP contribution in [0.1, 0.15) is 18.1 Å². The summed E-state index contributed by atoms with van der Waals surface area (Å²) < 4.78 is 5.15. The van der Waals surface area contributed by atoms with Crippen LogP contribution in [0, 0.1) is 11.3 Å². The van der Waals surface area contributed by atoms with Crippen molar-refractivity contribution in [2.24, 2.45) is 0 Å². The SMILES string of the molecule is CCOC(=O)C(C#N)(c1ccccc1)c1ccccc1. The summed E-state index contributed by atoms with van der Waals surface area (Å²) in [6, 6.07) is 20.2. The predicted octanol–water partition coefficient (Wildman–Crippen LogP) is 3.06. The minimum absolute atomic E-state index is 0.238. The van der Waals surface area contributed by atoms with Crippen molar-refractivity contribution in [3.05, 3.63) is 71.8 Å². The zero-order valence-electron chi connectivity index (χ0n) is 11.2. The Morgan fingerprint density at radius 2 is 1.50 bits per heavy atom. The third kappa shape index (κ3) is 2.28. The summed E-state index contributed by atoms with van der Waals surface area (Å²) in [7, 11) is 0. The van der Waals surface area contributed by atoms with Crippen LogP contribution in [0.25, 0.3) is 0 Å². The maximum absolute atomic E-state index is 12.5. The van der Waals surface area contributed by atoms with Crippen molar-refractivity contribution >= 4 is 5.97 Å². The smallest absolute Gasteiger partial charge is 0.335 e. The van der Waals surface area contributed by atoms with Gasteiger partial charge in [0.15, 0.2) is 0 Å². The quantitative estimate of drug-likeness (QED) is 0.798. The molecule has 0 aliphatic heterocycles. The van der Waals surface area contributed by atoms with Crippen LogP contribution in [-0.2, 0) is 14.9 Å². The minimum atomic E-state index is -1.42. The highest BCUT2D eigenvalue weighted by Gasteiger charge is 2.44. The van der Waals surface area contributed by atoms with E-state index in [-0.39, 0.29) is 6.61 Å². The highest BCUT2D eigenvalue weighted by Crippen LogP contribution is 2.33. The fourth-order valence-electron chi connectivity index (χ4n) is 2.19. The lowest BCUT2D eigenvalue weighted by molar-refractivity contribution is -0.146. The van der Waals surface area contributed by atoms with Gasteiger partial charge in [-0.1, -0.05) is 60.7 Å². The molecular formula is C17H15NO2. The van der Waals surface area contributed by atoms with Crippen LogP contribution in [0.5, 0.6) is 0 Å². The molecule has 0 heterocycles. The molecule has 2 rings (SSSR count). The van der Waals surface area contributed by atoms with Gasteiger partial charge in [-0.15, -0.1) is 0 Å². The largest absolute Gasteiger partial charge is 0.464 e. The number of carbonyl (C=O) groups excluding carboxylic acids is 1. The topological polar surface area (TPSA) is 50.1 Å². The maximum Gasteiger partial charge on any atom is 0.335 e.